The molecule has 1 atom stereocenters. The van der Waals surface area contributed by atoms with Crippen LogP contribution in [0.4, 0.5) is 5.69 Å². The lowest BCUT2D eigenvalue weighted by Crippen LogP contribution is -2.58. The highest BCUT2D eigenvalue weighted by molar-refractivity contribution is 7.19. The maximum Gasteiger partial charge on any atom is 0.258 e. The number of fused-ring (bicyclic) bond motifs is 6. The van der Waals surface area contributed by atoms with E-state index in [-0.39, 0.29) is 5.91 Å². The van der Waals surface area contributed by atoms with Gasteiger partial charge in [-0.3, -0.25) is 4.79 Å². The quantitative estimate of drug-likeness (QED) is 0.673. The highest BCUT2D eigenvalue weighted by Gasteiger charge is 2.47. The molecule has 0 saturated carbocycles. The molecule has 2 aromatic carbocycles. The van der Waals surface area contributed by atoms with Gasteiger partial charge in [0, 0.05) is 16.9 Å². The van der Waals surface area contributed by atoms with Gasteiger partial charge in [0.2, 0.25) is 0 Å². The van der Waals surface area contributed by atoms with Gasteiger partial charge >= 0.3 is 0 Å². The van der Waals surface area contributed by atoms with Gasteiger partial charge in [-0.25, -0.2) is 0 Å². The second-order valence-electron chi connectivity index (χ2n) is 6.36. The van der Waals surface area contributed by atoms with Crippen LogP contribution in [0.1, 0.15) is 27.7 Å². The molecule has 0 saturated heterocycles. The number of hydrogen-bond donors (Lipinski definition) is 1. The lowest BCUT2D eigenvalue weighted by molar-refractivity contribution is 0.0518. The van der Waals surface area contributed by atoms with Crippen LogP contribution in [-0.2, 0) is 12.1 Å². The van der Waals surface area contributed by atoms with Gasteiger partial charge < -0.3 is 10.2 Å². The van der Waals surface area contributed by atoms with Crippen LogP contribution in [-0.4, -0.2) is 17.4 Å². The van der Waals surface area contributed by atoms with Gasteiger partial charge in [0.15, 0.2) is 0 Å². The third-order valence-electron chi connectivity index (χ3n) is 5.05. The number of benzene rings is 2. The zero-order valence-corrected chi connectivity index (χ0v) is 13.6. The predicted molar refractivity (Wildman–Crippen MR) is 94.0 cm³/mol. The third-order valence-corrected chi connectivity index (χ3v) is 6.47. The average Bonchev–Trinajstić information content (AvgIpc) is 2.95. The molecule has 0 radical (unpaired) electrons. The molecule has 0 aliphatic carbocycles. The van der Waals surface area contributed by atoms with E-state index in [0.717, 1.165) is 24.2 Å². The van der Waals surface area contributed by atoms with Crippen LogP contribution in [0.25, 0.3) is 10.1 Å². The molecule has 3 aromatic rings. The summed E-state index contributed by atoms with van der Waals surface area (Å²) in [5.74, 6) is 0.130. The van der Waals surface area contributed by atoms with E-state index in [4.69, 9.17) is 0 Å². The Bertz CT molecular complexity index is 961. The van der Waals surface area contributed by atoms with Crippen LogP contribution in [0.2, 0.25) is 0 Å². The lowest BCUT2D eigenvalue weighted by Gasteiger charge is -2.48. The average molecular weight is 320 g/mol. The second-order valence-corrected chi connectivity index (χ2v) is 7.41. The number of thiophene rings is 1. The van der Waals surface area contributed by atoms with Crippen molar-refractivity contribution >= 4 is 33.0 Å². The lowest BCUT2D eigenvalue weighted by atomic mass is 9.90. The predicted octanol–water partition coefficient (Wildman–Crippen LogP) is 4.20. The molecule has 5 rings (SSSR count). The fraction of sp³-hybridized carbons (Fsp3) is 0.211. The van der Waals surface area contributed by atoms with E-state index in [1.54, 1.807) is 11.3 Å². The maximum absolute atomic E-state index is 13.0. The van der Waals surface area contributed by atoms with E-state index in [1.807, 2.05) is 29.2 Å². The van der Waals surface area contributed by atoms with Crippen molar-refractivity contribution in [3.8, 4) is 0 Å². The molecule has 3 nitrogen and oxygen atoms in total. The minimum absolute atomic E-state index is 0.130. The number of para-hydroxylation sites is 1. The van der Waals surface area contributed by atoms with Crippen LogP contribution >= 0.6 is 11.3 Å². The van der Waals surface area contributed by atoms with Gasteiger partial charge in [-0.2, -0.15) is 0 Å². The van der Waals surface area contributed by atoms with E-state index in [1.165, 1.54) is 20.5 Å². The molecule has 1 unspecified atom stereocenters. The van der Waals surface area contributed by atoms with Crippen molar-refractivity contribution in [1.82, 2.24) is 4.90 Å². The molecule has 0 fully saturated rings. The summed E-state index contributed by atoms with van der Waals surface area (Å²) in [5.41, 5.74) is 2.64. The SMILES string of the molecule is CC12Nc3ccccc3C(=O)N1CCc1c2sc2ccccc12. The summed E-state index contributed by atoms with van der Waals surface area (Å²) in [5, 5.41) is 4.97. The van der Waals surface area contributed by atoms with Gasteiger partial charge in [-0.05, 0) is 42.5 Å². The van der Waals surface area contributed by atoms with Gasteiger partial charge in [-0.15, -0.1) is 11.3 Å². The van der Waals surface area contributed by atoms with E-state index >= 15 is 0 Å². The summed E-state index contributed by atoms with van der Waals surface area (Å²) in [4.78, 5) is 16.2. The maximum atomic E-state index is 13.0. The largest absolute Gasteiger partial charge is 0.358 e. The van der Waals surface area contributed by atoms with Crippen molar-refractivity contribution < 1.29 is 4.79 Å². The van der Waals surface area contributed by atoms with Crippen LogP contribution in [0.15, 0.2) is 48.5 Å². The number of amides is 1. The Balaban J connectivity index is 1.77. The molecule has 4 heteroatoms. The first-order valence-electron chi connectivity index (χ1n) is 7.88. The molecule has 1 N–H and O–H groups in total. The first kappa shape index (κ1) is 13.1. The number of nitrogens with one attached hydrogen (secondary N) is 1. The van der Waals surface area contributed by atoms with Crippen LogP contribution in [0, 0.1) is 0 Å². The van der Waals surface area contributed by atoms with Crippen molar-refractivity contribution in [3.63, 3.8) is 0 Å². The first-order valence-corrected chi connectivity index (χ1v) is 8.70. The summed E-state index contributed by atoms with van der Waals surface area (Å²) < 4.78 is 1.30. The van der Waals surface area contributed by atoms with E-state index in [2.05, 4.69) is 36.5 Å². The van der Waals surface area contributed by atoms with E-state index < -0.39 is 5.66 Å². The summed E-state index contributed by atoms with van der Waals surface area (Å²) >= 11 is 1.80. The molecule has 1 amide bonds. The third kappa shape index (κ3) is 1.61. The Labute approximate surface area is 138 Å². The number of rotatable bonds is 0. The van der Waals surface area contributed by atoms with Crippen LogP contribution < -0.4 is 5.32 Å². The number of hydrogen-bond acceptors (Lipinski definition) is 3. The van der Waals surface area contributed by atoms with Crippen LogP contribution in [0.3, 0.4) is 0 Å². The fourth-order valence-electron chi connectivity index (χ4n) is 3.93. The standard InChI is InChI=1S/C19H16N2OS/c1-19-17-13(12-6-3-5-9-16(12)23-17)10-11-21(19)18(22)14-7-2-4-8-15(14)20-19/h2-9,20H,10-11H2,1H3. The normalized spacial score (nSPS) is 22.3. The van der Waals surface area contributed by atoms with Crippen molar-refractivity contribution in [1.29, 1.82) is 0 Å². The molecule has 23 heavy (non-hydrogen) atoms. The highest BCUT2D eigenvalue weighted by Crippen LogP contribution is 2.47. The van der Waals surface area contributed by atoms with Crippen LogP contribution in [0.5, 0.6) is 0 Å². The van der Waals surface area contributed by atoms with E-state index in [0.29, 0.717) is 0 Å². The summed E-state index contributed by atoms with van der Waals surface area (Å²) in [6, 6.07) is 16.4. The van der Waals surface area contributed by atoms with Crippen molar-refractivity contribution in [2.24, 2.45) is 0 Å². The Morgan fingerprint density at radius 3 is 2.83 bits per heavy atom. The second kappa shape index (κ2) is 4.36. The minimum atomic E-state index is -0.456. The fourth-order valence-corrected chi connectivity index (χ4v) is 5.29. The molecule has 2 aliphatic heterocycles. The Morgan fingerprint density at radius 1 is 1.13 bits per heavy atom. The zero-order valence-electron chi connectivity index (χ0n) is 12.8. The topological polar surface area (TPSA) is 32.3 Å². The monoisotopic (exact) mass is 320 g/mol. The number of carbonyl (C=O) groups excluding carboxylic acids is 1. The summed E-state index contributed by atoms with van der Waals surface area (Å²) in [6.07, 6.45) is 0.921. The Morgan fingerprint density at radius 2 is 1.91 bits per heavy atom. The Hall–Kier alpha value is -2.33. The van der Waals surface area contributed by atoms with Crippen molar-refractivity contribution in [2.75, 3.05) is 11.9 Å². The molecule has 3 heterocycles. The molecule has 0 bridgehead atoms. The van der Waals surface area contributed by atoms with Gasteiger partial charge in [0.1, 0.15) is 5.66 Å². The molecular formula is C19H16N2OS. The molecule has 1 aromatic heterocycles. The zero-order chi connectivity index (χ0) is 15.6. The molecule has 114 valence electrons. The number of anilines is 1. The van der Waals surface area contributed by atoms with Gasteiger partial charge in [0.25, 0.3) is 5.91 Å². The van der Waals surface area contributed by atoms with Gasteiger partial charge in [0.05, 0.1) is 10.4 Å². The van der Waals surface area contributed by atoms with Crippen molar-refractivity contribution in [2.45, 2.75) is 19.0 Å². The molecule has 2 aliphatic rings. The highest BCUT2D eigenvalue weighted by atomic mass is 32.1. The minimum Gasteiger partial charge on any atom is -0.358 e. The summed E-state index contributed by atoms with van der Waals surface area (Å²) in [7, 11) is 0. The molecule has 0 spiro atoms. The summed E-state index contributed by atoms with van der Waals surface area (Å²) in [6.45, 7) is 2.89. The Kier molecular flexibility index (Phi) is 2.49. The number of carbonyl (C=O) groups is 1. The smallest absolute Gasteiger partial charge is 0.258 e. The number of nitrogens with zero attached hydrogens (tertiary/aromatic N) is 1. The molecular weight excluding hydrogens is 304 g/mol. The first-order chi connectivity index (χ1) is 11.2. The van der Waals surface area contributed by atoms with Crippen molar-refractivity contribution in [3.05, 3.63) is 64.5 Å². The van der Waals surface area contributed by atoms with Gasteiger partial charge in [-0.1, -0.05) is 30.3 Å². The van der Waals surface area contributed by atoms with E-state index in [9.17, 15) is 4.79 Å².